The standard InChI is InChI=1S/C14H19NO6/c1-14(2,3)21-13(18)15-10-11(17)8(7-16)6-9(19-4)12(10)20-5/h6-7,17H,1-5H3,(H,15,18). The van der Waals surface area contributed by atoms with Crippen LogP contribution in [0.5, 0.6) is 17.2 Å². The molecule has 1 rings (SSSR count). The van der Waals surface area contributed by atoms with Crippen molar-refractivity contribution >= 4 is 18.1 Å². The Hall–Kier alpha value is -2.44. The van der Waals surface area contributed by atoms with Gasteiger partial charge in [-0.1, -0.05) is 0 Å². The summed E-state index contributed by atoms with van der Waals surface area (Å²) in [5.74, 6) is -0.136. The van der Waals surface area contributed by atoms with E-state index in [1.807, 2.05) is 0 Å². The van der Waals surface area contributed by atoms with Crippen LogP contribution in [0.2, 0.25) is 0 Å². The summed E-state index contributed by atoms with van der Waals surface area (Å²) >= 11 is 0. The summed E-state index contributed by atoms with van der Waals surface area (Å²) in [5, 5.41) is 12.4. The molecule has 0 bridgehead atoms. The van der Waals surface area contributed by atoms with E-state index < -0.39 is 17.4 Å². The molecule has 0 saturated carbocycles. The van der Waals surface area contributed by atoms with Crippen molar-refractivity contribution in [3.05, 3.63) is 11.6 Å². The molecule has 0 aromatic heterocycles. The average Bonchev–Trinajstić information content (AvgIpc) is 2.38. The van der Waals surface area contributed by atoms with Crippen LogP contribution in [0.15, 0.2) is 6.07 Å². The van der Waals surface area contributed by atoms with Crippen LogP contribution in [-0.4, -0.2) is 37.3 Å². The molecule has 7 nitrogen and oxygen atoms in total. The molecule has 0 aliphatic rings. The van der Waals surface area contributed by atoms with Gasteiger partial charge in [-0.2, -0.15) is 0 Å². The van der Waals surface area contributed by atoms with Gasteiger partial charge in [0.1, 0.15) is 11.3 Å². The predicted octanol–water partition coefficient (Wildman–Crippen LogP) is 2.57. The van der Waals surface area contributed by atoms with Gasteiger partial charge < -0.3 is 19.3 Å². The number of hydrogen-bond acceptors (Lipinski definition) is 6. The van der Waals surface area contributed by atoms with Crippen molar-refractivity contribution in [3.63, 3.8) is 0 Å². The molecule has 2 N–H and O–H groups in total. The fourth-order valence-electron chi connectivity index (χ4n) is 1.62. The highest BCUT2D eigenvalue weighted by Gasteiger charge is 2.23. The van der Waals surface area contributed by atoms with Crippen LogP contribution in [0.3, 0.4) is 0 Å². The van der Waals surface area contributed by atoms with Gasteiger partial charge in [-0.3, -0.25) is 10.1 Å². The first-order valence-corrected chi connectivity index (χ1v) is 6.16. The number of rotatable bonds is 4. The minimum absolute atomic E-state index is 0.0429. The van der Waals surface area contributed by atoms with Crippen LogP contribution in [0.4, 0.5) is 10.5 Å². The molecule has 0 atom stereocenters. The number of phenols is 1. The molecule has 116 valence electrons. The predicted molar refractivity (Wildman–Crippen MR) is 76.5 cm³/mol. The lowest BCUT2D eigenvalue weighted by molar-refractivity contribution is 0.0634. The van der Waals surface area contributed by atoms with Gasteiger partial charge in [-0.25, -0.2) is 4.79 Å². The summed E-state index contributed by atoms with van der Waals surface area (Å²) < 4.78 is 15.3. The third-order valence-electron chi connectivity index (χ3n) is 2.42. The van der Waals surface area contributed by atoms with Gasteiger partial charge in [0.25, 0.3) is 0 Å². The molecular weight excluding hydrogens is 278 g/mol. The second-order valence-corrected chi connectivity index (χ2v) is 5.17. The van der Waals surface area contributed by atoms with Crippen molar-refractivity contribution in [1.82, 2.24) is 0 Å². The molecule has 0 aliphatic carbocycles. The summed E-state index contributed by atoms with van der Waals surface area (Å²) in [4.78, 5) is 22.8. The van der Waals surface area contributed by atoms with E-state index in [2.05, 4.69) is 5.32 Å². The van der Waals surface area contributed by atoms with Crippen molar-refractivity contribution in [2.75, 3.05) is 19.5 Å². The number of methoxy groups -OCH3 is 2. The molecule has 1 aromatic rings. The molecule has 7 heteroatoms. The van der Waals surface area contributed by atoms with Crippen LogP contribution >= 0.6 is 0 Å². The largest absolute Gasteiger partial charge is 0.505 e. The third-order valence-corrected chi connectivity index (χ3v) is 2.42. The number of nitrogens with one attached hydrogen (secondary N) is 1. The lowest BCUT2D eigenvalue weighted by Gasteiger charge is -2.21. The number of ether oxygens (including phenoxy) is 3. The Morgan fingerprint density at radius 3 is 2.33 bits per heavy atom. The summed E-state index contributed by atoms with van der Waals surface area (Å²) in [6, 6.07) is 1.31. The number of phenolic OH excluding ortho intramolecular Hbond substituents is 1. The maximum Gasteiger partial charge on any atom is 0.412 e. The monoisotopic (exact) mass is 297 g/mol. The van der Waals surface area contributed by atoms with Crippen molar-refractivity contribution < 1.29 is 28.9 Å². The summed E-state index contributed by atoms with van der Waals surface area (Å²) in [5.41, 5.74) is -0.842. The lowest BCUT2D eigenvalue weighted by Crippen LogP contribution is -2.27. The second kappa shape index (κ2) is 6.34. The number of carbonyl (C=O) groups is 2. The first kappa shape index (κ1) is 16.6. The molecule has 0 aliphatic heterocycles. The SMILES string of the molecule is COc1cc(C=O)c(O)c(NC(=O)OC(C)(C)C)c1OC. The van der Waals surface area contributed by atoms with Crippen LogP contribution in [0.1, 0.15) is 31.1 Å². The summed E-state index contributed by atoms with van der Waals surface area (Å²) in [6.07, 6.45) is -0.349. The van der Waals surface area contributed by atoms with Crippen molar-refractivity contribution in [2.45, 2.75) is 26.4 Å². The number of carbonyl (C=O) groups excluding carboxylic acids is 2. The average molecular weight is 297 g/mol. The Labute approximate surface area is 122 Å². The van der Waals surface area contributed by atoms with Crippen molar-refractivity contribution in [1.29, 1.82) is 0 Å². The molecule has 1 aromatic carbocycles. The number of aldehydes is 1. The van der Waals surface area contributed by atoms with E-state index in [9.17, 15) is 14.7 Å². The molecule has 0 fully saturated rings. The minimum atomic E-state index is -0.791. The highest BCUT2D eigenvalue weighted by Crippen LogP contribution is 2.43. The van der Waals surface area contributed by atoms with E-state index in [0.717, 1.165) is 0 Å². The van der Waals surface area contributed by atoms with Crippen LogP contribution < -0.4 is 14.8 Å². The van der Waals surface area contributed by atoms with Crippen LogP contribution in [-0.2, 0) is 4.74 Å². The Kier molecular flexibility index (Phi) is 5.02. The van der Waals surface area contributed by atoms with Gasteiger partial charge in [0.05, 0.1) is 19.8 Å². The minimum Gasteiger partial charge on any atom is -0.505 e. The number of aromatic hydroxyl groups is 1. The van der Waals surface area contributed by atoms with Gasteiger partial charge in [-0.05, 0) is 26.8 Å². The molecular formula is C14H19NO6. The first-order valence-electron chi connectivity index (χ1n) is 6.16. The van der Waals surface area contributed by atoms with Gasteiger partial charge >= 0.3 is 6.09 Å². The Balaban J connectivity index is 3.26. The van der Waals surface area contributed by atoms with E-state index in [1.165, 1.54) is 20.3 Å². The molecule has 0 radical (unpaired) electrons. The smallest absolute Gasteiger partial charge is 0.412 e. The zero-order chi connectivity index (χ0) is 16.2. The number of amides is 1. The zero-order valence-corrected chi connectivity index (χ0v) is 12.6. The number of anilines is 1. The molecule has 0 saturated heterocycles. The van der Waals surface area contributed by atoms with E-state index in [-0.39, 0.29) is 22.7 Å². The molecule has 1 amide bonds. The van der Waals surface area contributed by atoms with Gasteiger partial charge in [0, 0.05) is 0 Å². The molecule has 0 heterocycles. The van der Waals surface area contributed by atoms with E-state index in [1.54, 1.807) is 20.8 Å². The van der Waals surface area contributed by atoms with Gasteiger partial charge in [0.15, 0.2) is 23.5 Å². The summed E-state index contributed by atoms with van der Waals surface area (Å²) in [7, 11) is 2.72. The number of hydrogen-bond donors (Lipinski definition) is 2. The molecule has 21 heavy (non-hydrogen) atoms. The number of benzene rings is 1. The fraction of sp³-hybridized carbons (Fsp3) is 0.429. The van der Waals surface area contributed by atoms with Crippen molar-refractivity contribution in [2.24, 2.45) is 0 Å². The first-order chi connectivity index (χ1) is 9.73. The summed E-state index contributed by atoms with van der Waals surface area (Å²) in [6.45, 7) is 5.10. The highest BCUT2D eigenvalue weighted by atomic mass is 16.6. The van der Waals surface area contributed by atoms with Gasteiger partial charge in [0.2, 0.25) is 0 Å². The second-order valence-electron chi connectivity index (χ2n) is 5.17. The lowest BCUT2D eigenvalue weighted by atomic mass is 10.1. The highest BCUT2D eigenvalue weighted by molar-refractivity contribution is 5.95. The Morgan fingerprint density at radius 2 is 1.90 bits per heavy atom. The van der Waals surface area contributed by atoms with Crippen molar-refractivity contribution in [3.8, 4) is 17.2 Å². The van der Waals surface area contributed by atoms with E-state index in [4.69, 9.17) is 14.2 Å². The van der Waals surface area contributed by atoms with E-state index in [0.29, 0.717) is 6.29 Å². The zero-order valence-electron chi connectivity index (χ0n) is 12.6. The Bertz CT molecular complexity index is 547. The van der Waals surface area contributed by atoms with E-state index >= 15 is 0 Å². The Morgan fingerprint density at radius 1 is 1.29 bits per heavy atom. The maximum absolute atomic E-state index is 11.8. The molecule has 0 unspecified atom stereocenters. The maximum atomic E-state index is 11.8. The van der Waals surface area contributed by atoms with Crippen LogP contribution in [0.25, 0.3) is 0 Å². The van der Waals surface area contributed by atoms with Crippen LogP contribution in [0, 0.1) is 0 Å². The quantitative estimate of drug-likeness (QED) is 0.655. The molecule has 0 spiro atoms. The fourth-order valence-corrected chi connectivity index (χ4v) is 1.62. The topological polar surface area (TPSA) is 94.1 Å². The third kappa shape index (κ3) is 4.01. The van der Waals surface area contributed by atoms with Gasteiger partial charge in [-0.15, -0.1) is 0 Å². The normalized spacial score (nSPS) is 10.7.